The highest BCUT2D eigenvalue weighted by Gasteiger charge is 2.24. The maximum atomic E-state index is 11.0. The van der Waals surface area contributed by atoms with Gasteiger partial charge in [-0.3, -0.25) is 4.79 Å². The zero-order chi connectivity index (χ0) is 13.1. The molecule has 1 aliphatic heterocycles. The highest BCUT2D eigenvalue weighted by molar-refractivity contribution is 7.17. The van der Waals surface area contributed by atoms with E-state index in [9.17, 15) is 4.79 Å². The van der Waals surface area contributed by atoms with Crippen LogP contribution in [-0.4, -0.2) is 56.0 Å². The van der Waals surface area contributed by atoms with Gasteiger partial charge in [0.25, 0.3) is 0 Å². The molecule has 0 aromatic carbocycles. The second kappa shape index (κ2) is 5.77. The zero-order valence-corrected chi connectivity index (χ0v) is 11.9. The Labute approximate surface area is 111 Å². The Morgan fingerprint density at radius 3 is 2.94 bits per heavy atom. The summed E-state index contributed by atoms with van der Waals surface area (Å²) >= 11 is 1.46. The molecule has 1 saturated heterocycles. The van der Waals surface area contributed by atoms with Crippen molar-refractivity contribution in [2.75, 3.05) is 38.7 Å². The molecular formula is C12H19N3O2S. The van der Waals surface area contributed by atoms with Crippen LogP contribution in [0.4, 0.5) is 5.13 Å². The molecule has 5 nitrogen and oxygen atoms in total. The molecule has 100 valence electrons. The maximum Gasteiger partial charge on any atom is 0.186 e. The number of ether oxygens (including phenoxy) is 1. The smallest absolute Gasteiger partial charge is 0.186 e. The number of aromatic nitrogens is 1. The minimum Gasteiger partial charge on any atom is -0.378 e. The molecule has 0 aliphatic carbocycles. The highest BCUT2D eigenvalue weighted by atomic mass is 32.1. The lowest BCUT2D eigenvalue weighted by atomic mass is 10.2. The van der Waals surface area contributed by atoms with Gasteiger partial charge in [-0.2, -0.15) is 0 Å². The summed E-state index contributed by atoms with van der Waals surface area (Å²) in [6, 6.07) is 0.508. The van der Waals surface area contributed by atoms with Crippen LogP contribution in [0, 0.1) is 0 Å². The lowest BCUT2D eigenvalue weighted by Crippen LogP contribution is -2.50. The molecule has 6 heteroatoms. The molecule has 0 radical (unpaired) electrons. The molecule has 0 spiro atoms. The largest absolute Gasteiger partial charge is 0.378 e. The van der Waals surface area contributed by atoms with E-state index >= 15 is 0 Å². The molecule has 1 unspecified atom stereocenters. The van der Waals surface area contributed by atoms with Crippen LogP contribution in [0.25, 0.3) is 0 Å². The Bertz CT molecular complexity index is 421. The van der Waals surface area contributed by atoms with Crippen LogP contribution in [0.3, 0.4) is 0 Å². The summed E-state index contributed by atoms with van der Waals surface area (Å²) in [7, 11) is 3.75. The normalized spacial score (nSPS) is 21.3. The number of piperazine rings is 1. The first-order valence-corrected chi connectivity index (χ1v) is 6.86. The van der Waals surface area contributed by atoms with Gasteiger partial charge in [-0.15, -0.1) is 0 Å². The van der Waals surface area contributed by atoms with Crippen LogP contribution in [0.5, 0.6) is 0 Å². The summed E-state index contributed by atoms with van der Waals surface area (Å²) in [5, 5.41) is 0.934. The fourth-order valence-electron chi connectivity index (χ4n) is 2.04. The number of nitrogens with zero attached hydrogens (tertiary/aromatic N) is 3. The zero-order valence-electron chi connectivity index (χ0n) is 11.0. The number of thiazole rings is 1. The number of carbonyl (C=O) groups excluding carboxylic acids is 1. The summed E-state index contributed by atoms with van der Waals surface area (Å²) in [6.07, 6.45) is 0.870. The third-order valence-electron chi connectivity index (χ3n) is 3.33. The van der Waals surface area contributed by atoms with Crippen LogP contribution in [-0.2, 0) is 11.3 Å². The van der Waals surface area contributed by atoms with Gasteiger partial charge in [0.1, 0.15) is 0 Å². The first-order valence-electron chi connectivity index (χ1n) is 6.04. The molecule has 0 amide bonds. The van der Waals surface area contributed by atoms with Crippen molar-refractivity contribution in [1.82, 2.24) is 9.88 Å². The molecule has 1 atom stereocenters. The molecule has 1 fully saturated rings. The number of hydrogen-bond acceptors (Lipinski definition) is 6. The first kappa shape index (κ1) is 13.5. The third-order valence-corrected chi connectivity index (χ3v) is 4.42. The minimum atomic E-state index is 0.397. The van der Waals surface area contributed by atoms with E-state index in [0.29, 0.717) is 17.5 Å². The van der Waals surface area contributed by atoms with Crippen molar-refractivity contribution >= 4 is 22.8 Å². The number of aldehydes is 1. The molecule has 0 saturated carbocycles. The fraction of sp³-hybridized carbons (Fsp3) is 0.667. The average molecular weight is 269 g/mol. The first-order chi connectivity index (χ1) is 8.65. The maximum absolute atomic E-state index is 11.0. The second-order valence-electron chi connectivity index (χ2n) is 4.63. The summed E-state index contributed by atoms with van der Waals surface area (Å²) in [5.74, 6) is 0. The van der Waals surface area contributed by atoms with Crippen molar-refractivity contribution in [3.05, 3.63) is 10.6 Å². The quantitative estimate of drug-likeness (QED) is 0.770. The van der Waals surface area contributed by atoms with Gasteiger partial charge in [0, 0.05) is 32.8 Å². The van der Waals surface area contributed by atoms with Gasteiger partial charge < -0.3 is 14.5 Å². The van der Waals surface area contributed by atoms with E-state index < -0.39 is 0 Å². The van der Waals surface area contributed by atoms with Crippen molar-refractivity contribution in [3.63, 3.8) is 0 Å². The Hall–Kier alpha value is -0.980. The Kier molecular flexibility index (Phi) is 4.31. The second-order valence-corrected chi connectivity index (χ2v) is 5.64. The van der Waals surface area contributed by atoms with E-state index in [2.05, 4.69) is 28.8 Å². The van der Waals surface area contributed by atoms with Crippen LogP contribution in [0.2, 0.25) is 0 Å². The fourth-order valence-corrected chi connectivity index (χ4v) is 2.96. The molecule has 0 N–H and O–H groups in total. The molecule has 1 aliphatic rings. The molecular weight excluding hydrogens is 250 g/mol. The standard InChI is InChI=1S/C12H19N3O2S/c1-9-6-15(5-4-14(9)2)12-13-10(8-17-3)11(7-16)18-12/h7,9H,4-6,8H2,1-3H3. The summed E-state index contributed by atoms with van der Waals surface area (Å²) in [5.41, 5.74) is 0.749. The lowest BCUT2D eigenvalue weighted by molar-refractivity contribution is 0.112. The molecule has 0 bridgehead atoms. The minimum absolute atomic E-state index is 0.397. The number of rotatable bonds is 4. The van der Waals surface area contributed by atoms with Crippen molar-refractivity contribution in [2.45, 2.75) is 19.6 Å². The van der Waals surface area contributed by atoms with Gasteiger partial charge in [0.05, 0.1) is 17.2 Å². The summed E-state index contributed by atoms with van der Waals surface area (Å²) in [4.78, 5) is 20.8. The van der Waals surface area contributed by atoms with Crippen molar-refractivity contribution < 1.29 is 9.53 Å². The van der Waals surface area contributed by atoms with E-state index in [1.54, 1.807) is 7.11 Å². The van der Waals surface area contributed by atoms with E-state index in [1.807, 2.05) is 0 Å². The monoisotopic (exact) mass is 269 g/mol. The number of carbonyl (C=O) groups is 1. The van der Waals surface area contributed by atoms with Gasteiger partial charge in [0.2, 0.25) is 0 Å². The Balaban J connectivity index is 2.15. The predicted molar refractivity (Wildman–Crippen MR) is 72.5 cm³/mol. The van der Waals surface area contributed by atoms with Gasteiger partial charge >= 0.3 is 0 Å². The topological polar surface area (TPSA) is 45.7 Å². The molecule has 1 aromatic rings. The van der Waals surface area contributed by atoms with Crippen LogP contribution >= 0.6 is 11.3 Å². The van der Waals surface area contributed by atoms with E-state index in [4.69, 9.17) is 4.74 Å². The summed E-state index contributed by atoms with van der Waals surface area (Å²) in [6.45, 7) is 5.54. The average Bonchev–Trinajstić information content (AvgIpc) is 2.76. The summed E-state index contributed by atoms with van der Waals surface area (Å²) < 4.78 is 5.07. The third kappa shape index (κ3) is 2.71. The number of anilines is 1. The highest BCUT2D eigenvalue weighted by Crippen LogP contribution is 2.27. The van der Waals surface area contributed by atoms with Crippen molar-refractivity contribution in [1.29, 1.82) is 0 Å². The van der Waals surface area contributed by atoms with Gasteiger partial charge in [-0.05, 0) is 14.0 Å². The van der Waals surface area contributed by atoms with Gasteiger partial charge in [-0.25, -0.2) is 4.98 Å². The Morgan fingerprint density at radius 1 is 1.56 bits per heavy atom. The van der Waals surface area contributed by atoms with E-state index in [0.717, 1.165) is 36.7 Å². The predicted octanol–water partition coefficient (Wildman–Crippen LogP) is 1.24. The number of methoxy groups -OCH3 is 1. The van der Waals surface area contributed by atoms with Crippen LogP contribution in [0.15, 0.2) is 0 Å². The van der Waals surface area contributed by atoms with Crippen LogP contribution in [0.1, 0.15) is 22.3 Å². The molecule has 1 aromatic heterocycles. The SMILES string of the molecule is COCc1nc(N2CCN(C)C(C)C2)sc1C=O. The lowest BCUT2D eigenvalue weighted by Gasteiger charge is -2.37. The van der Waals surface area contributed by atoms with Crippen molar-refractivity contribution in [2.24, 2.45) is 0 Å². The van der Waals surface area contributed by atoms with Crippen LogP contribution < -0.4 is 4.90 Å². The Morgan fingerprint density at radius 2 is 2.33 bits per heavy atom. The van der Waals surface area contributed by atoms with Gasteiger partial charge in [-0.1, -0.05) is 11.3 Å². The molecule has 2 rings (SSSR count). The van der Waals surface area contributed by atoms with Crippen molar-refractivity contribution in [3.8, 4) is 0 Å². The van der Waals surface area contributed by atoms with E-state index in [1.165, 1.54) is 11.3 Å². The molecule has 2 heterocycles. The molecule has 18 heavy (non-hydrogen) atoms. The number of hydrogen-bond donors (Lipinski definition) is 0. The van der Waals surface area contributed by atoms with Gasteiger partial charge in [0.15, 0.2) is 11.4 Å². The van der Waals surface area contributed by atoms with E-state index in [-0.39, 0.29) is 0 Å². The number of likely N-dealkylation sites (N-methyl/N-ethyl adjacent to an activating group) is 1.